The standard InChI is InChI=1S/C14H16N6O3.ClH/c15-6-11(9-1-2-9)18-14(21)10-3-4-12(13(5-10)20(22)23)19-8-16-7-17-19;/h3-5,7-9,11H,1-2,6,15H2,(H,18,21);1H. The first-order chi connectivity index (χ1) is 11.1. The molecule has 1 aromatic heterocycles. The Hall–Kier alpha value is -2.52. The van der Waals surface area contributed by atoms with Crippen LogP contribution in [0.1, 0.15) is 23.2 Å². The first-order valence-electron chi connectivity index (χ1n) is 7.24. The lowest BCUT2D eigenvalue weighted by atomic mass is 10.1. The summed E-state index contributed by atoms with van der Waals surface area (Å²) in [6.07, 6.45) is 4.74. The highest BCUT2D eigenvalue weighted by Crippen LogP contribution is 2.32. The van der Waals surface area contributed by atoms with Crippen molar-refractivity contribution in [3.8, 4) is 5.69 Å². The number of nitro groups is 1. The predicted molar refractivity (Wildman–Crippen MR) is 88.3 cm³/mol. The van der Waals surface area contributed by atoms with Crippen LogP contribution in [0.3, 0.4) is 0 Å². The predicted octanol–water partition coefficient (Wildman–Crippen LogP) is 1.06. The van der Waals surface area contributed by atoms with Crippen molar-refractivity contribution in [1.82, 2.24) is 20.1 Å². The fourth-order valence-electron chi connectivity index (χ4n) is 2.46. The summed E-state index contributed by atoms with van der Waals surface area (Å²) >= 11 is 0. The molecule has 1 fully saturated rings. The summed E-state index contributed by atoms with van der Waals surface area (Å²) in [6.45, 7) is 0.357. The lowest BCUT2D eigenvalue weighted by Crippen LogP contribution is -2.41. The molecule has 1 heterocycles. The van der Waals surface area contributed by atoms with Gasteiger partial charge in [0.2, 0.25) is 0 Å². The number of nitro benzene ring substituents is 1. The molecule has 128 valence electrons. The van der Waals surface area contributed by atoms with E-state index in [1.807, 2.05) is 0 Å². The van der Waals surface area contributed by atoms with Gasteiger partial charge in [0.05, 0.1) is 4.92 Å². The molecule has 1 unspecified atom stereocenters. The topological polar surface area (TPSA) is 129 Å². The molecule has 0 spiro atoms. The summed E-state index contributed by atoms with van der Waals surface area (Å²) in [6, 6.07) is 4.17. The fourth-order valence-corrected chi connectivity index (χ4v) is 2.46. The second-order valence-electron chi connectivity index (χ2n) is 5.45. The number of rotatable bonds is 6. The Morgan fingerprint density at radius 3 is 2.79 bits per heavy atom. The van der Waals surface area contributed by atoms with E-state index in [1.165, 1.54) is 35.5 Å². The number of halogens is 1. The van der Waals surface area contributed by atoms with Gasteiger partial charge in [-0.15, -0.1) is 12.4 Å². The Balaban J connectivity index is 0.00000208. The van der Waals surface area contributed by atoms with E-state index in [2.05, 4.69) is 15.4 Å². The summed E-state index contributed by atoms with van der Waals surface area (Å²) in [5.41, 5.74) is 5.93. The maximum atomic E-state index is 12.3. The molecule has 1 aromatic carbocycles. The Morgan fingerprint density at radius 2 is 2.25 bits per heavy atom. The minimum atomic E-state index is -0.547. The zero-order valence-electron chi connectivity index (χ0n) is 12.7. The molecule has 1 aliphatic carbocycles. The van der Waals surface area contributed by atoms with E-state index >= 15 is 0 Å². The van der Waals surface area contributed by atoms with Crippen molar-refractivity contribution in [2.75, 3.05) is 6.54 Å². The van der Waals surface area contributed by atoms with Crippen LogP contribution < -0.4 is 11.1 Å². The van der Waals surface area contributed by atoms with Crippen molar-refractivity contribution in [3.05, 3.63) is 46.5 Å². The summed E-state index contributed by atoms with van der Waals surface area (Å²) in [5, 5.41) is 18.0. The van der Waals surface area contributed by atoms with Gasteiger partial charge in [0.1, 0.15) is 18.3 Å². The number of nitrogens with zero attached hydrogens (tertiary/aromatic N) is 4. The van der Waals surface area contributed by atoms with Crippen molar-refractivity contribution < 1.29 is 9.72 Å². The smallest absolute Gasteiger partial charge is 0.295 e. The van der Waals surface area contributed by atoms with Crippen LogP contribution in [-0.2, 0) is 0 Å². The van der Waals surface area contributed by atoms with Gasteiger partial charge >= 0.3 is 0 Å². The van der Waals surface area contributed by atoms with E-state index in [-0.39, 0.29) is 41.3 Å². The molecule has 1 aliphatic rings. The Bertz CT molecular complexity index is 732. The van der Waals surface area contributed by atoms with Gasteiger partial charge in [-0.25, -0.2) is 9.67 Å². The third-order valence-electron chi connectivity index (χ3n) is 3.86. The highest BCUT2D eigenvalue weighted by Gasteiger charge is 2.31. The van der Waals surface area contributed by atoms with Crippen LogP contribution in [0.25, 0.3) is 5.69 Å². The van der Waals surface area contributed by atoms with Gasteiger partial charge in [-0.1, -0.05) is 0 Å². The van der Waals surface area contributed by atoms with Crippen molar-refractivity contribution in [2.24, 2.45) is 11.7 Å². The molecule has 0 radical (unpaired) electrons. The summed E-state index contributed by atoms with van der Waals surface area (Å²) in [7, 11) is 0. The number of benzene rings is 1. The van der Waals surface area contributed by atoms with Crippen LogP contribution in [0.4, 0.5) is 5.69 Å². The Kier molecular flexibility index (Phi) is 5.47. The number of nitrogens with one attached hydrogen (secondary N) is 1. The number of amides is 1. The van der Waals surface area contributed by atoms with Crippen molar-refractivity contribution in [1.29, 1.82) is 0 Å². The molecule has 24 heavy (non-hydrogen) atoms. The number of hydrogen-bond acceptors (Lipinski definition) is 6. The molecule has 0 bridgehead atoms. The number of carbonyl (C=O) groups is 1. The number of nitrogens with two attached hydrogens (primary N) is 1. The second kappa shape index (κ2) is 7.37. The zero-order chi connectivity index (χ0) is 16.4. The molecular formula is C14H17ClN6O3. The van der Waals surface area contributed by atoms with E-state index in [0.717, 1.165) is 12.8 Å². The lowest BCUT2D eigenvalue weighted by Gasteiger charge is -2.16. The van der Waals surface area contributed by atoms with E-state index in [0.29, 0.717) is 12.5 Å². The first-order valence-corrected chi connectivity index (χ1v) is 7.24. The number of aromatic nitrogens is 3. The minimum Gasteiger partial charge on any atom is -0.348 e. The molecule has 1 amide bonds. The van der Waals surface area contributed by atoms with Crippen molar-refractivity contribution in [3.63, 3.8) is 0 Å². The number of carbonyl (C=O) groups excluding carboxylic acids is 1. The summed E-state index contributed by atoms with van der Waals surface area (Å²) in [5.74, 6) is 0.0500. The zero-order valence-corrected chi connectivity index (χ0v) is 13.5. The first kappa shape index (κ1) is 17.8. The lowest BCUT2D eigenvalue weighted by molar-refractivity contribution is -0.384. The molecule has 3 rings (SSSR count). The highest BCUT2D eigenvalue weighted by atomic mass is 35.5. The average Bonchev–Trinajstić information content (AvgIpc) is 3.25. The largest absolute Gasteiger partial charge is 0.348 e. The molecule has 3 N–H and O–H groups in total. The Labute approximate surface area is 143 Å². The fraction of sp³-hybridized carbons (Fsp3) is 0.357. The van der Waals surface area contributed by atoms with Crippen LogP contribution in [0.5, 0.6) is 0 Å². The minimum absolute atomic E-state index is 0. The summed E-state index contributed by atoms with van der Waals surface area (Å²) < 4.78 is 1.28. The van der Waals surface area contributed by atoms with Gasteiger partial charge in [0.25, 0.3) is 11.6 Å². The molecule has 2 aromatic rings. The normalized spacial score (nSPS) is 14.5. The SMILES string of the molecule is Cl.NCC(NC(=O)c1ccc(-n2cncn2)c([N+](=O)[O-])c1)C1CC1. The van der Waals surface area contributed by atoms with E-state index in [1.54, 1.807) is 0 Å². The maximum Gasteiger partial charge on any atom is 0.295 e. The molecule has 1 saturated carbocycles. The monoisotopic (exact) mass is 352 g/mol. The second-order valence-corrected chi connectivity index (χ2v) is 5.45. The van der Waals surface area contributed by atoms with Crippen LogP contribution >= 0.6 is 12.4 Å². The molecule has 1 atom stereocenters. The van der Waals surface area contributed by atoms with Crippen LogP contribution in [0, 0.1) is 16.0 Å². The van der Waals surface area contributed by atoms with Gasteiger partial charge < -0.3 is 11.1 Å². The maximum absolute atomic E-state index is 12.3. The van der Waals surface area contributed by atoms with Gasteiger partial charge in [-0.2, -0.15) is 5.10 Å². The molecular weight excluding hydrogens is 336 g/mol. The third-order valence-corrected chi connectivity index (χ3v) is 3.86. The van der Waals surface area contributed by atoms with E-state index < -0.39 is 4.92 Å². The van der Waals surface area contributed by atoms with Gasteiger partial charge in [0.15, 0.2) is 0 Å². The molecule has 0 saturated heterocycles. The van der Waals surface area contributed by atoms with Crippen LogP contribution in [0.15, 0.2) is 30.9 Å². The highest BCUT2D eigenvalue weighted by molar-refractivity contribution is 5.95. The van der Waals surface area contributed by atoms with E-state index in [9.17, 15) is 14.9 Å². The van der Waals surface area contributed by atoms with Gasteiger partial charge in [-0.05, 0) is 30.9 Å². The van der Waals surface area contributed by atoms with Crippen LogP contribution in [-0.4, -0.2) is 38.2 Å². The quantitative estimate of drug-likeness (QED) is 0.590. The Morgan fingerprint density at radius 1 is 1.50 bits per heavy atom. The molecule has 0 aliphatic heterocycles. The molecule has 9 nitrogen and oxygen atoms in total. The van der Waals surface area contributed by atoms with E-state index in [4.69, 9.17) is 5.73 Å². The van der Waals surface area contributed by atoms with Crippen LogP contribution in [0.2, 0.25) is 0 Å². The third kappa shape index (κ3) is 3.69. The average molecular weight is 353 g/mol. The van der Waals surface area contributed by atoms with Crippen molar-refractivity contribution >= 4 is 24.0 Å². The number of hydrogen-bond donors (Lipinski definition) is 2. The van der Waals surface area contributed by atoms with Gasteiger partial charge in [-0.3, -0.25) is 14.9 Å². The molecule has 10 heteroatoms. The summed E-state index contributed by atoms with van der Waals surface area (Å²) in [4.78, 5) is 26.8. The van der Waals surface area contributed by atoms with Gasteiger partial charge in [0, 0.05) is 24.2 Å². The van der Waals surface area contributed by atoms with Crippen molar-refractivity contribution in [2.45, 2.75) is 18.9 Å².